The summed E-state index contributed by atoms with van der Waals surface area (Å²) in [7, 11) is 0. The number of carbonyl (C=O) groups excluding carboxylic acids is 2. The monoisotopic (exact) mass is 374 g/mol. The normalized spacial score (nSPS) is 17.9. The molecule has 2 heterocycles. The molecule has 1 aromatic carbocycles. The minimum Gasteiger partial charge on any atom is -0.343 e. The number of hydrogen-bond acceptors (Lipinski definition) is 4. The molecule has 1 aliphatic rings. The van der Waals surface area contributed by atoms with Gasteiger partial charge in [-0.2, -0.15) is 0 Å². The van der Waals surface area contributed by atoms with Crippen molar-refractivity contribution in [3.63, 3.8) is 0 Å². The number of nitrogens with two attached hydrogens (primary N) is 1. The van der Waals surface area contributed by atoms with Crippen molar-refractivity contribution in [2.75, 3.05) is 11.4 Å². The summed E-state index contributed by atoms with van der Waals surface area (Å²) in [6, 6.07) is 5.31. The Morgan fingerprint density at radius 2 is 2.04 bits per heavy atom. The van der Waals surface area contributed by atoms with Crippen LogP contribution in [0.2, 0.25) is 0 Å². The van der Waals surface area contributed by atoms with Gasteiger partial charge < -0.3 is 16.0 Å². The zero-order valence-corrected chi connectivity index (χ0v) is 14.8. The highest BCUT2D eigenvalue weighted by Gasteiger charge is 2.36. The Balaban J connectivity index is 1.65. The van der Waals surface area contributed by atoms with Gasteiger partial charge in [-0.05, 0) is 37.1 Å². The first-order chi connectivity index (χ1) is 12.9. The maximum absolute atomic E-state index is 13.9. The van der Waals surface area contributed by atoms with Crippen LogP contribution in [0.25, 0.3) is 0 Å². The fourth-order valence-corrected chi connectivity index (χ4v) is 3.09. The standard InChI is InChI=1S/C19H20F2N4O2/c1-11-4-3-8-23-16(11)10-14(22)18(26)24-15-7-9-25(19(15)27)17-12(20)5-2-6-13(17)21/h2-6,8,14-15H,7,9-10,22H2,1H3,(H,24,26). The van der Waals surface area contributed by atoms with Gasteiger partial charge in [0.05, 0.1) is 6.04 Å². The third-order valence-electron chi connectivity index (χ3n) is 4.60. The molecule has 8 heteroatoms. The first kappa shape index (κ1) is 18.9. The van der Waals surface area contributed by atoms with Gasteiger partial charge in [-0.3, -0.25) is 14.6 Å². The summed E-state index contributed by atoms with van der Waals surface area (Å²) in [5, 5.41) is 2.58. The molecule has 2 amide bonds. The number of nitrogens with zero attached hydrogens (tertiary/aromatic N) is 2. The average molecular weight is 374 g/mol. The van der Waals surface area contributed by atoms with Crippen LogP contribution in [-0.4, -0.2) is 35.4 Å². The zero-order chi connectivity index (χ0) is 19.6. The molecule has 0 radical (unpaired) electrons. The molecule has 1 fully saturated rings. The fourth-order valence-electron chi connectivity index (χ4n) is 3.09. The smallest absolute Gasteiger partial charge is 0.249 e. The second-order valence-electron chi connectivity index (χ2n) is 6.49. The predicted molar refractivity (Wildman–Crippen MR) is 95.9 cm³/mol. The zero-order valence-electron chi connectivity index (χ0n) is 14.8. The molecule has 1 aromatic heterocycles. The molecule has 2 atom stereocenters. The predicted octanol–water partition coefficient (Wildman–Crippen LogP) is 1.46. The van der Waals surface area contributed by atoms with Crippen LogP contribution < -0.4 is 16.0 Å². The number of pyridine rings is 1. The van der Waals surface area contributed by atoms with E-state index in [2.05, 4.69) is 10.3 Å². The van der Waals surface area contributed by atoms with Gasteiger partial charge in [0.25, 0.3) is 0 Å². The van der Waals surface area contributed by atoms with Gasteiger partial charge >= 0.3 is 0 Å². The molecule has 6 nitrogen and oxygen atoms in total. The van der Waals surface area contributed by atoms with Crippen LogP contribution in [0.1, 0.15) is 17.7 Å². The molecule has 0 spiro atoms. The molecule has 2 unspecified atom stereocenters. The van der Waals surface area contributed by atoms with Crippen molar-refractivity contribution >= 4 is 17.5 Å². The average Bonchev–Trinajstić information content (AvgIpc) is 2.97. The topological polar surface area (TPSA) is 88.3 Å². The van der Waals surface area contributed by atoms with E-state index >= 15 is 0 Å². The van der Waals surface area contributed by atoms with E-state index in [4.69, 9.17) is 5.73 Å². The van der Waals surface area contributed by atoms with E-state index in [9.17, 15) is 18.4 Å². The Bertz CT molecular complexity index is 854. The lowest BCUT2D eigenvalue weighted by Gasteiger charge is -2.19. The van der Waals surface area contributed by atoms with Crippen molar-refractivity contribution in [3.8, 4) is 0 Å². The van der Waals surface area contributed by atoms with Crippen molar-refractivity contribution in [1.82, 2.24) is 10.3 Å². The Labute approximate surface area is 155 Å². The molecule has 1 aliphatic heterocycles. The molecule has 0 saturated carbocycles. The molecule has 1 saturated heterocycles. The first-order valence-corrected chi connectivity index (χ1v) is 8.60. The number of aryl methyl sites for hydroxylation is 1. The molecular formula is C19H20F2N4O2. The number of aromatic nitrogens is 1. The van der Waals surface area contributed by atoms with Crippen molar-refractivity contribution in [2.24, 2.45) is 5.73 Å². The number of para-hydroxylation sites is 1. The highest BCUT2D eigenvalue weighted by atomic mass is 19.1. The number of halogens is 2. The van der Waals surface area contributed by atoms with Gasteiger partial charge in [0, 0.05) is 24.9 Å². The van der Waals surface area contributed by atoms with E-state index in [1.54, 1.807) is 12.3 Å². The van der Waals surface area contributed by atoms with Crippen molar-refractivity contribution in [1.29, 1.82) is 0 Å². The van der Waals surface area contributed by atoms with Crippen LogP contribution >= 0.6 is 0 Å². The molecule has 3 rings (SSSR count). The Kier molecular flexibility index (Phi) is 5.46. The number of amides is 2. The number of carbonyl (C=O) groups is 2. The quantitative estimate of drug-likeness (QED) is 0.829. The first-order valence-electron chi connectivity index (χ1n) is 8.60. The van der Waals surface area contributed by atoms with Crippen LogP contribution in [0.4, 0.5) is 14.5 Å². The molecule has 27 heavy (non-hydrogen) atoms. The SMILES string of the molecule is Cc1cccnc1CC(N)C(=O)NC1CCN(c2c(F)cccc2F)C1=O. The maximum atomic E-state index is 13.9. The highest BCUT2D eigenvalue weighted by molar-refractivity contribution is 6.01. The molecular weight excluding hydrogens is 354 g/mol. The van der Waals surface area contributed by atoms with E-state index in [0.29, 0.717) is 5.69 Å². The van der Waals surface area contributed by atoms with Gasteiger partial charge in [-0.15, -0.1) is 0 Å². The van der Waals surface area contributed by atoms with E-state index in [-0.39, 0.29) is 19.4 Å². The summed E-state index contributed by atoms with van der Waals surface area (Å²) in [6.07, 6.45) is 2.09. The molecule has 2 aromatic rings. The molecule has 3 N–H and O–H groups in total. The van der Waals surface area contributed by atoms with E-state index < -0.39 is 41.2 Å². The maximum Gasteiger partial charge on any atom is 0.249 e. The van der Waals surface area contributed by atoms with Crippen LogP contribution in [-0.2, 0) is 16.0 Å². The summed E-state index contributed by atoms with van der Waals surface area (Å²) in [4.78, 5) is 30.1. The summed E-state index contributed by atoms with van der Waals surface area (Å²) >= 11 is 0. The van der Waals surface area contributed by atoms with E-state index in [1.807, 2.05) is 13.0 Å². The number of anilines is 1. The van der Waals surface area contributed by atoms with Gasteiger partial charge in [0.1, 0.15) is 23.4 Å². The minimum absolute atomic E-state index is 0.107. The van der Waals surface area contributed by atoms with Crippen LogP contribution in [0.5, 0.6) is 0 Å². The second kappa shape index (κ2) is 7.79. The lowest BCUT2D eigenvalue weighted by Crippen LogP contribution is -2.49. The molecule has 142 valence electrons. The number of rotatable bonds is 5. The summed E-state index contributed by atoms with van der Waals surface area (Å²) in [6.45, 7) is 1.98. The van der Waals surface area contributed by atoms with Crippen molar-refractivity contribution < 1.29 is 18.4 Å². The molecule has 0 bridgehead atoms. The number of benzene rings is 1. The van der Waals surface area contributed by atoms with E-state index in [0.717, 1.165) is 22.6 Å². The van der Waals surface area contributed by atoms with Crippen molar-refractivity contribution in [3.05, 3.63) is 59.4 Å². The van der Waals surface area contributed by atoms with Crippen LogP contribution in [0, 0.1) is 18.6 Å². The van der Waals surface area contributed by atoms with Gasteiger partial charge in [-0.1, -0.05) is 12.1 Å². The number of nitrogens with one attached hydrogen (secondary N) is 1. The van der Waals surface area contributed by atoms with Gasteiger partial charge in [0.15, 0.2) is 0 Å². The van der Waals surface area contributed by atoms with Gasteiger partial charge in [-0.25, -0.2) is 8.78 Å². The van der Waals surface area contributed by atoms with Crippen LogP contribution in [0.3, 0.4) is 0 Å². The van der Waals surface area contributed by atoms with Crippen LogP contribution in [0.15, 0.2) is 36.5 Å². The lowest BCUT2D eigenvalue weighted by atomic mass is 10.1. The Morgan fingerprint density at radius 3 is 2.70 bits per heavy atom. The minimum atomic E-state index is -0.884. The lowest BCUT2D eigenvalue weighted by molar-refractivity contribution is -0.127. The van der Waals surface area contributed by atoms with Crippen molar-refractivity contribution in [2.45, 2.75) is 31.8 Å². The second-order valence-corrected chi connectivity index (χ2v) is 6.49. The summed E-state index contributed by atoms with van der Waals surface area (Å²) in [5.41, 5.74) is 7.16. The molecule has 0 aliphatic carbocycles. The fraction of sp³-hybridized carbons (Fsp3) is 0.316. The summed E-state index contributed by atoms with van der Waals surface area (Å²) < 4.78 is 27.9. The van der Waals surface area contributed by atoms with Gasteiger partial charge in [0.2, 0.25) is 11.8 Å². The largest absolute Gasteiger partial charge is 0.343 e. The Hall–Kier alpha value is -2.87. The highest BCUT2D eigenvalue weighted by Crippen LogP contribution is 2.27. The third kappa shape index (κ3) is 3.95. The Morgan fingerprint density at radius 1 is 1.33 bits per heavy atom. The number of hydrogen-bond donors (Lipinski definition) is 2. The summed E-state index contributed by atoms with van der Waals surface area (Å²) in [5.74, 6) is -2.71. The van der Waals surface area contributed by atoms with E-state index in [1.165, 1.54) is 6.07 Å². The third-order valence-corrected chi connectivity index (χ3v) is 4.60.